The summed E-state index contributed by atoms with van der Waals surface area (Å²) in [4.78, 5) is 40.5. The zero-order chi connectivity index (χ0) is 20.8. The van der Waals surface area contributed by atoms with Gasteiger partial charge in [0, 0.05) is 19.3 Å². The van der Waals surface area contributed by atoms with Gasteiger partial charge in [-0.3, -0.25) is 19.4 Å². The third-order valence-corrected chi connectivity index (χ3v) is 4.54. The van der Waals surface area contributed by atoms with E-state index in [0.29, 0.717) is 30.2 Å². The summed E-state index contributed by atoms with van der Waals surface area (Å²) < 4.78 is 4.91. The number of aryl methyl sites for hydroxylation is 1. The Bertz CT molecular complexity index is 898. The highest BCUT2D eigenvalue weighted by Crippen LogP contribution is 2.33. The van der Waals surface area contributed by atoms with Gasteiger partial charge in [0.2, 0.25) is 11.8 Å². The number of carbonyl (C=O) groups is 3. The summed E-state index contributed by atoms with van der Waals surface area (Å²) in [5.74, 6) is -0.618. The third-order valence-electron chi connectivity index (χ3n) is 4.54. The van der Waals surface area contributed by atoms with Gasteiger partial charge in [0.25, 0.3) is 0 Å². The number of hydrogen-bond acceptors (Lipinski definition) is 4. The quantitative estimate of drug-likeness (QED) is 0.732. The first-order valence-corrected chi connectivity index (χ1v) is 9.30. The van der Waals surface area contributed by atoms with Crippen molar-refractivity contribution in [2.45, 2.75) is 6.92 Å². The van der Waals surface area contributed by atoms with Gasteiger partial charge in [-0.15, -0.1) is 0 Å². The normalized spacial score (nSPS) is 13.1. The molecule has 2 aromatic rings. The molecule has 4 amide bonds. The van der Waals surface area contributed by atoms with Gasteiger partial charge >= 0.3 is 6.03 Å². The van der Waals surface area contributed by atoms with Crippen LogP contribution in [0.1, 0.15) is 5.56 Å². The van der Waals surface area contributed by atoms with Crippen LogP contribution in [0.25, 0.3) is 0 Å². The lowest BCUT2D eigenvalue weighted by Gasteiger charge is -2.35. The molecule has 152 valence electrons. The molecule has 0 saturated heterocycles. The van der Waals surface area contributed by atoms with Crippen molar-refractivity contribution in [2.24, 2.45) is 0 Å². The van der Waals surface area contributed by atoms with Crippen LogP contribution in [0.2, 0.25) is 0 Å². The molecule has 0 aliphatic carbocycles. The largest absolute Gasteiger partial charge is 0.383 e. The summed E-state index contributed by atoms with van der Waals surface area (Å²) in [6.45, 7) is 2.45. The molecule has 1 heterocycles. The number of ether oxygens (including phenoxy) is 1. The van der Waals surface area contributed by atoms with Crippen LogP contribution in [0.3, 0.4) is 0 Å². The minimum absolute atomic E-state index is 0.118. The molecular weight excluding hydrogens is 372 g/mol. The number of benzene rings is 2. The van der Waals surface area contributed by atoms with Gasteiger partial charge in [0.1, 0.15) is 13.1 Å². The standard InChI is InChI=1S/C21H24N4O4/c1-15-7-9-16(10-8-15)23-21(28)25-14-20(27)24(13-19(26)22-11-12-29-2)17-5-3-4-6-18(17)25/h3-10H,11-14H2,1-2H3,(H,22,26)(H,23,28). The Labute approximate surface area is 169 Å². The number of urea groups is 1. The minimum Gasteiger partial charge on any atom is -0.383 e. The fourth-order valence-corrected chi connectivity index (χ4v) is 3.04. The number of amides is 4. The molecule has 1 aliphatic heterocycles. The summed E-state index contributed by atoms with van der Waals surface area (Å²) in [5, 5.41) is 5.52. The second-order valence-electron chi connectivity index (χ2n) is 6.69. The van der Waals surface area contributed by atoms with Crippen molar-refractivity contribution in [1.29, 1.82) is 0 Å². The highest BCUT2D eigenvalue weighted by molar-refractivity contribution is 6.14. The van der Waals surface area contributed by atoms with Crippen molar-refractivity contribution in [3.05, 3.63) is 54.1 Å². The van der Waals surface area contributed by atoms with Crippen LogP contribution in [0.15, 0.2) is 48.5 Å². The molecule has 0 atom stereocenters. The lowest BCUT2D eigenvalue weighted by Crippen LogP contribution is -2.52. The van der Waals surface area contributed by atoms with Crippen molar-refractivity contribution >= 4 is 34.9 Å². The van der Waals surface area contributed by atoms with Gasteiger partial charge in [0.15, 0.2) is 0 Å². The maximum Gasteiger partial charge on any atom is 0.326 e. The number of carbonyl (C=O) groups excluding carboxylic acids is 3. The van der Waals surface area contributed by atoms with Crippen molar-refractivity contribution < 1.29 is 19.1 Å². The van der Waals surface area contributed by atoms with E-state index in [1.807, 2.05) is 31.2 Å². The first-order chi connectivity index (χ1) is 14.0. The molecule has 8 heteroatoms. The van der Waals surface area contributed by atoms with Crippen LogP contribution >= 0.6 is 0 Å². The maximum absolute atomic E-state index is 12.8. The zero-order valence-electron chi connectivity index (χ0n) is 16.5. The van der Waals surface area contributed by atoms with Crippen LogP contribution in [0, 0.1) is 6.92 Å². The molecule has 0 aromatic heterocycles. The minimum atomic E-state index is -0.404. The molecule has 2 aromatic carbocycles. The number of nitrogens with one attached hydrogen (secondary N) is 2. The van der Waals surface area contributed by atoms with Gasteiger partial charge in [-0.25, -0.2) is 4.79 Å². The van der Waals surface area contributed by atoms with E-state index in [4.69, 9.17) is 4.74 Å². The van der Waals surface area contributed by atoms with E-state index >= 15 is 0 Å². The summed E-state index contributed by atoms with van der Waals surface area (Å²) in [5.41, 5.74) is 2.82. The lowest BCUT2D eigenvalue weighted by atomic mass is 10.1. The number of rotatable bonds is 6. The Morgan fingerprint density at radius 1 is 1.07 bits per heavy atom. The number of nitrogens with zero attached hydrogens (tertiary/aromatic N) is 2. The Morgan fingerprint density at radius 3 is 2.45 bits per heavy atom. The van der Waals surface area contributed by atoms with Crippen molar-refractivity contribution in [3.8, 4) is 0 Å². The summed E-state index contributed by atoms with van der Waals surface area (Å²) >= 11 is 0. The molecule has 0 saturated carbocycles. The monoisotopic (exact) mass is 396 g/mol. The van der Waals surface area contributed by atoms with E-state index < -0.39 is 6.03 Å². The molecule has 0 bridgehead atoms. The van der Waals surface area contributed by atoms with Crippen LogP contribution in [-0.2, 0) is 14.3 Å². The number of fused-ring (bicyclic) bond motifs is 1. The maximum atomic E-state index is 12.8. The smallest absolute Gasteiger partial charge is 0.326 e. The van der Waals surface area contributed by atoms with Gasteiger partial charge in [-0.1, -0.05) is 29.8 Å². The predicted molar refractivity (Wildman–Crippen MR) is 111 cm³/mol. The van der Waals surface area contributed by atoms with Crippen molar-refractivity contribution in [3.63, 3.8) is 0 Å². The molecule has 8 nitrogen and oxygen atoms in total. The van der Waals surface area contributed by atoms with Crippen LogP contribution in [0.5, 0.6) is 0 Å². The third kappa shape index (κ3) is 4.91. The van der Waals surface area contributed by atoms with Crippen LogP contribution in [0.4, 0.5) is 21.9 Å². The van der Waals surface area contributed by atoms with E-state index in [2.05, 4.69) is 10.6 Å². The molecule has 0 fully saturated rings. The molecule has 0 radical (unpaired) electrons. The predicted octanol–water partition coefficient (Wildman–Crippen LogP) is 2.14. The van der Waals surface area contributed by atoms with Crippen LogP contribution < -0.4 is 20.4 Å². The van der Waals surface area contributed by atoms with Gasteiger partial charge in [-0.05, 0) is 31.2 Å². The second-order valence-corrected chi connectivity index (χ2v) is 6.69. The first kappa shape index (κ1) is 20.3. The highest BCUT2D eigenvalue weighted by atomic mass is 16.5. The fourth-order valence-electron chi connectivity index (χ4n) is 3.04. The van der Waals surface area contributed by atoms with E-state index in [1.165, 1.54) is 9.80 Å². The average molecular weight is 396 g/mol. The van der Waals surface area contributed by atoms with Crippen LogP contribution in [-0.4, -0.2) is 51.2 Å². The van der Waals surface area contributed by atoms with Gasteiger partial charge in [0.05, 0.1) is 18.0 Å². The molecule has 0 unspecified atom stereocenters. The van der Waals surface area contributed by atoms with E-state index in [0.717, 1.165) is 5.56 Å². The first-order valence-electron chi connectivity index (χ1n) is 9.30. The number of para-hydroxylation sites is 2. The molecule has 2 N–H and O–H groups in total. The average Bonchev–Trinajstić information content (AvgIpc) is 2.71. The fraction of sp³-hybridized carbons (Fsp3) is 0.286. The summed E-state index contributed by atoms with van der Waals surface area (Å²) in [6.07, 6.45) is 0. The van der Waals surface area contributed by atoms with E-state index in [1.54, 1.807) is 31.4 Å². The zero-order valence-corrected chi connectivity index (χ0v) is 16.5. The topological polar surface area (TPSA) is 91.0 Å². The lowest BCUT2D eigenvalue weighted by molar-refractivity contribution is -0.123. The number of hydrogen-bond donors (Lipinski definition) is 2. The number of methoxy groups -OCH3 is 1. The Kier molecular flexibility index (Phi) is 6.46. The molecule has 29 heavy (non-hydrogen) atoms. The van der Waals surface area contributed by atoms with Crippen molar-refractivity contribution in [2.75, 3.05) is 48.5 Å². The molecule has 3 rings (SSSR count). The number of anilines is 3. The summed E-state index contributed by atoms with van der Waals surface area (Å²) in [6, 6.07) is 14.0. The Hall–Kier alpha value is -3.39. The van der Waals surface area contributed by atoms with E-state index in [-0.39, 0.29) is 24.9 Å². The van der Waals surface area contributed by atoms with Gasteiger partial charge < -0.3 is 15.4 Å². The van der Waals surface area contributed by atoms with Gasteiger partial charge in [-0.2, -0.15) is 0 Å². The summed E-state index contributed by atoms with van der Waals surface area (Å²) in [7, 11) is 1.55. The Balaban J connectivity index is 1.77. The molecular formula is C21H24N4O4. The SMILES string of the molecule is COCCNC(=O)CN1C(=O)CN(C(=O)Nc2ccc(C)cc2)c2ccccc21. The molecule has 0 spiro atoms. The van der Waals surface area contributed by atoms with E-state index in [9.17, 15) is 14.4 Å². The highest BCUT2D eigenvalue weighted by Gasteiger charge is 2.33. The Morgan fingerprint density at radius 2 is 1.76 bits per heavy atom. The molecule has 1 aliphatic rings. The van der Waals surface area contributed by atoms with Crippen molar-refractivity contribution in [1.82, 2.24) is 5.32 Å². The second kappa shape index (κ2) is 9.20.